The van der Waals surface area contributed by atoms with Crippen LogP contribution < -0.4 is 15.8 Å². The fraction of sp³-hybridized carbons (Fsp3) is 0.111. The van der Waals surface area contributed by atoms with Crippen LogP contribution in [-0.4, -0.2) is 22.6 Å². The second kappa shape index (κ2) is 6.87. The van der Waals surface area contributed by atoms with E-state index < -0.39 is 0 Å². The molecule has 0 spiro atoms. The topological polar surface area (TPSA) is 82.2 Å². The van der Waals surface area contributed by atoms with Gasteiger partial charge in [0.2, 0.25) is 0 Å². The molecule has 0 atom stereocenters. The summed E-state index contributed by atoms with van der Waals surface area (Å²) in [5.74, 6) is 0.322. The summed E-state index contributed by atoms with van der Waals surface area (Å²) in [5, 5.41) is 2.81. The number of hydrogen-bond donors (Lipinski definition) is 2. The molecule has 1 amide bonds. The van der Waals surface area contributed by atoms with E-state index in [1.807, 2.05) is 41.0 Å². The average molecular weight is 322 g/mol. The fourth-order valence-corrected chi connectivity index (χ4v) is 2.33. The number of para-hydroxylation sites is 2. The lowest BCUT2D eigenvalue weighted by atomic mass is 10.2. The highest BCUT2D eigenvalue weighted by molar-refractivity contribution is 6.03. The van der Waals surface area contributed by atoms with Gasteiger partial charge in [0.25, 0.3) is 5.91 Å². The maximum Gasteiger partial charge on any atom is 0.275 e. The molecule has 0 aliphatic rings. The maximum atomic E-state index is 12.3. The zero-order valence-corrected chi connectivity index (χ0v) is 13.3. The number of nitrogens with two attached hydrogens (primary N) is 1. The number of carbonyl (C=O) groups excluding carboxylic acids is 1. The first kappa shape index (κ1) is 15.6. The van der Waals surface area contributed by atoms with E-state index in [-0.39, 0.29) is 5.91 Å². The van der Waals surface area contributed by atoms with Gasteiger partial charge >= 0.3 is 0 Å². The van der Waals surface area contributed by atoms with E-state index in [9.17, 15) is 4.79 Å². The lowest BCUT2D eigenvalue weighted by molar-refractivity contribution is 0.102. The molecule has 0 radical (unpaired) electrons. The van der Waals surface area contributed by atoms with Crippen molar-refractivity contribution in [3.8, 4) is 5.75 Å². The van der Waals surface area contributed by atoms with Gasteiger partial charge in [0.1, 0.15) is 11.4 Å². The zero-order valence-electron chi connectivity index (χ0n) is 13.3. The van der Waals surface area contributed by atoms with E-state index in [0.717, 1.165) is 11.3 Å². The van der Waals surface area contributed by atoms with Gasteiger partial charge in [-0.25, -0.2) is 4.98 Å². The van der Waals surface area contributed by atoms with E-state index in [0.29, 0.717) is 23.7 Å². The third-order valence-electron chi connectivity index (χ3n) is 3.57. The molecule has 1 aromatic heterocycles. The fourth-order valence-electron chi connectivity index (χ4n) is 2.33. The molecule has 0 aliphatic carbocycles. The van der Waals surface area contributed by atoms with Crippen molar-refractivity contribution in [2.75, 3.05) is 18.2 Å². The Balaban J connectivity index is 1.70. The largest absolute Gasteiger partial charge is 0.495 e. The summed E-state index contributed by atoms with van der Waals surface area (Å²) >= 11 is 0. The number of rotatable bonds is 5. The van der Waals surface area contributed by atoms with Crippen LogP contribution in [0.15, 0.2) is 61.1 Å². The average Bonchev–Trinajstić information content (AvgIpc) is 3.06. The number of benzene rings is 2. The third-order valence-corrected chi connectivity index (χ3v) is 3.57. The second-order valence-corrected chi connectivity index (χ2v) is 5.33. The molecule has 6 heteroatoms. The van der Waals surface area contributed by atoms with Crippen LogP contribution in [0.4, 0.5) is 11.4 Å². The summed E-state index contributed by atoms with van der Waals surface area (Å²) in [5.41, 5.74) is 8.44. The highest BCUT2D eigenvalue weighted by Crippen LogP contribution is 2.23. The SMILES string of the molecule is COc1ccccc1NC(=O)c1cn(Cc2ccc(N)cc2)cn1. The van der Waals surface area contributed by atoms with E-state index in [2.05, 4.69) is 10.3 Å². The van der Waals surface area contributed by atoms with Crippen LogP contribution in [0.1, 0.15) is 16.1 Å². The normalized spacial score (nSPS) is 10.4. The molecule has 1 heterocycles. The van der Waals surface area contributed by atoms with Gasteiger partial charge in [-0.15, -0.1) is 0 Å². The van der Waals surface area contributed by atoms with Gasteiger partial charge in [-0.1, -0.05) is 24.3 Å². The van der Waals surface area contributed by atoms with Crippen LogP contribution in [-0.2, 0) is 6.54 Å². The lowest BCUT2D eigenvalue weighted by Gasteiger charge is -2.08. The molecule has 0 saturated heterocycles. The van der Waals surface area contributed by atoms with Gasteiger partial charge in [-0.2, -0.15) is 0 Å². The van der Waals surface area contributed by atoms with Gasteiger partial charge in [0, 0.05) is 18.4 Å². The number of nitrogens with one attached hydrogen (secondary N) is 1. The summed E-state index contributed by atoms with van der Waals surface area (Å²) in [6.07, 6.45) is 3.34. The Hall–Kier alpha value is -3.28. The number of carbonyl (C=O) groups is 1. The Morgan fingerprint density at radius 2 is 1.96 bits per heavy atom. The van der Waals surface area contributed by atoms with Gasteiger partial charge in [-0.3, -0.25) is 4.79 Å². The van der Waals surface area contributed by atoms with Crippen molar-refractivity contribution in [1.82, 2.24) is 9.55 Å². The number of anilines is 2. The Labute approximate surface area is 139 Å². The number of hydrogen-bond acceptors (Lipinski definition) is 4. The summed E-state index contributed by atoms with van der Waals surface area (Å²) < 4.78 is 7.08. The predicted molar refractivity (Wildman–Crippen MR) is 93.1 cm³/mol. The lowest BCUT2D eigenvalue weighted by Crippen LogP contribution is -2.13. The number of ether oxygens (including phenoxy) is 1. The molecule has 0 fully saturated rings. The van der Waals surface area contributed by atoms with Crippen LogP contribution in [0.2, 0.25) is 0 Å². The van der Waals surface area contributed by atoms with Crippen molar-refractivity contribution in [1.29, 1.82) is 0 Å². The number of methoxy groups -OCH3 is 1. The quantitative estimate of drug-likeness (QED) is 0.708. The van der Waals surface area contributed by atoms with Gasteiger partial charge in [0.05, 0.1) is 19.1 Å². The molecule has 6 nitrogen and oxygen atoms in total. The molecular weight excluding hydrogens is 304 g/mol. The summed E-state index contributed by atoms with van der Waals surface area (Å²) in [6.45, 7) is 0.620. The molecule has 0 saturated carbocycles. The molecule has 122 valence electrons. The van der Waals surface area contributed by atoms with E-state index in [1.165, 1.54) is 0 Å². The Kier molecular flexibility index (Phi) is 4.47. The Bertz CT molecular complexity index is 840. The number of nitrogens with zero attached hydrogens (tertiary/aromatic N) is 2. The predicted octanol–water partition coefficient (Wildman–Crippen LogP) is 2.77. The van der Waals surface area contributed by atoms with E-state index in [4.69, 9.17) is 10.5 Å². The zero-order chi connectivity index (χ0) is 16.9. The molecule has 3 aromatic rings. The number of imidazole rings is 1. The van der Waals surface area contributed by atoms with Gasteiger partial charge < -0.3 is 20.4 Å². The van der Waals surface area contributed by atoms with Crippen LogP contribution in [0.3, 0.4) is 0 Å². The van der Waals surface area contributed by atoms with Crippen molar-refractivity contribution in [2.45, 2.75) is 6.54 Å². The smallest absolute Gasteiger partial charge is 0.275 e. The summed E-state index contributed by atoms with van der Waals surface area (Å²) in [6, 6.07) is 14.8. The van der Waals surface area contributed by atoms with Crippen LogP contribution >= 0.6 is 0 Å². The van der Waals surface area contributed by atoms with Crippen LogP contribution in [0.25, 0.3) is 0 Å². The van der Waals surface area contributed by atoms with Crippen molar-refractivity contribution >= 4 is 17.3 Å². The molecule has 0 bridgehead atoms. The molecule has 0 unspecified atom stereocenters. The third kappa shape index (κ3) is 3.55. The van der Waals surface area contributed by atoms with Crippen molar-refractivity contribution < 1.29 is 9.53 Å². The number of nitrogen functional groups attached to an aromatic ring is 1. The minimum absolute atomic E-state index is 0.282. The van der Waals surface area contributed by atoms with Crippen LogP contribution in [0, 0.1) is 0 Å². The highest BCUT2D eigenvalue weighted by atomic mass is 16.5. The van der Waals surface area contributed by atoms with Crippen molar-refractivity contribution in [2.24, 2.45) is 0 Å². The van der Waals surface area contributed by atoms with E-state index in [1.54, 1.807) is 31.8 Å². The van der Waals surface area contributed by atoms with Crippen LogP contribution in [0.5, 0.6) is 5.75 Å². The maximum absolute atomic E-state index is 12.3. The molecule has 0 aliphatic heterocycles. The second-order valence-electron chi connectivity index (χ2n) is 5.33. The number of amides is 1. The molecule has 3 rings (SSSR count). The van der Waals surface area contributed by atoms with Gasteiger partial charge in [0.15, 0.2) is 0 Å². The number of aromatic nitrogens is 2. The minimum atomic E-state index is -0.282. The first-order valence-electron chi connectivity index (χ1n) is 7.46. The molecule has 2 aromatic carbocycles. The molecule has 24 heavy (non-hydrogen) atoms. The Morgan fingerprint density at radius 1 is 1.21 bits per heavy atom. The first-order valence-corrected chi connectivity index (χ1v) is 7.46. The van der Waals surface area contributed by atoms with E-state index >= 15 is 0 Å². The molecule has 3 N–H and O–H groups in total. The Morgan fingerprint density at radius 3 is 2.71 bits per heavy atom. The monoisotopic (exact) mass is 322 g/mol. The summed E-state index contributed by atoms with van der Waals surface area (Å²) in [7, 11) is 1.56. The van der Waals surface area contributed by atoms with Crippen molar-refractivity contribution in [3.05, 3.63) is 72.3 Å². The minimum Gasteiger partial charge on any atom is -0.495 e. The van der Waals surface area contributed by atoms with Gasteiger partial charge in [-0.05, 0) is 29.8 Å². The van der Waals surface area contributed by atoms with Crippen molar-refractivity contribution in [3.63, 3.8) is 0 Å². The molecular formula is C18H18N4O2. The standard InChI is InChI=1S/C18H18N4O2/c1-24-17-5-3-2-4-15(17)21-18(23)16-11-22(12-20-16)10-13-6-8-14(19)9-7-13/h2-9,11-12H,10,19H2,1H3,(H,21,23). The summed E-state index contributed by atoms with van der Waals surface area (Å²) in [4.78, 5) is 16.5. The first-order chi connectivity index (χ1) is 11.7. The highest BCUT2D eigenvalue weighted by Gasteiger charge is 2.12.